The third kappa shape index (κ3) is 5.44. The van der Waals surface area contributed by atoms with Crippen LogP contribution in [0.2, 0.25) is 0 Å². The van der Waals surface area contributed by atoms with Gasteiger partial charge in [-0.15, -0.1) is 0 Å². The van der Waals surface area contributed by atoms with E-state index >= 15 is 0 Å². The first-order valence-corrected chi connectivity index (χ1v) is 6.47. The largest absolute Gasteiger partial charge is 0.480 e. The minimum atomic E-state index is -1.36. The molecular weight excluding hydrogens is 252 g/mol. The highest BCUT2D eigenvalue weighted by Crippen LogP contribution is 2.09. The Morgan fingerprint density at radius 1 is 1.26 bits per heavy atom. The quantitative estimate of drug-likeness (QED) is 0.499. The van der Waals surface area contributed by atoms with Gasteiger partial charge in [-0.05, 0) is 19.8 Å². The molecule has 0 rings (SSSR count). The average molecular weight is 276 g/mol. The van der Waals surface area contributed by atoms with E-state index in [1.54, 1.807) is 0 Å². The fourth-order valence-corrected chi connectivity index (χ4v) is 1.89. The van der Waals surface area contributed by atoms with Crippen LogP contribution in [0.5, 0.6) is 0 Å². The minimum absolute atomic E-state index is 0.0735. The number of nitrogens with zero attached hydrogens (tertiary/aromatic N) is 1. The number of rotatable bonds is 8. The van der Waals surface area contributed by atoms with Crippen molar-refractivity contribution in [2.24, 2.45) is 0 Å². The Kier molecular flexibility index (Phi) is 8.09. The molecule has 2 amide bonds. The highest BCUT2D eigenvalue weighted by Gasteiger charge is 2.29. The van der Waals surface area contributed by atoms with Crippen LogP contribution >= 0.6 is 0 Å². The summed E-state index contributed by atoms with van der Waals surface area (Å²) in [4.78, 5) is 24.4. The van der Waals surface area contributed by atoms with Crippen LogP contribution in [0.4, 0.5) is 4.79 Å². The van der Waals surface area contributed by atoms with Gasteiger partial charge in [0.15, 0.2) is 6.04 Å². The number of aliphatic hydroxyl groups is 2. The highest BCUT2D eigenvalue weighted by atomic mass is 16.4. The fourth-order valence-electron chi connectivity index (χ4n) is 1.89. The maximum absolute atomic E-state index is 12.0. The zero-order chi connectivity index (χ0) is 15.0. The topological polar surface area (TPSA) is 110 Å². The van der Waals surface area contributed by atoms with Crippen LogP contribution < -0.4 is 5.32 Å². The van der Waals surface area contributed by atoms with Gasteiger partial charge in [0.1, 0.15) is 0 Å². The summed E-state index contributed by atoms with van der Waals surface area (Å²) in [6.07, 6.45) is 0.214. The molecule has 19 heavy (non-hydrogen) atoms. The molecular formula is C12H24N2O5. The van der Waals surface area contributed by atoms with E-state index in [1.165, 1.54) is 11.8 Å². The molecule has 0 aromatic heterocycles. The summed E-state index contributed by atoms with van der Waals surface area (Å²) >= 11 is 0. The SMILES string of the molecule is CCC(CC)N(CCO)C(=O)N[C@H](C(=O)O)[C@@H](C)O. The van der Waals surface area contributed by atoms with Gasteiger partial charge in [0.25, 0.3) is 0 Å². The normalized spacial score (nSPS) is 14.0. The second kappa shape index (κ2) is 8.71. The molecule has 0 spiro atoms. The van der Waals surface area contributed by atoms with Crippen molar-refractivity contribution in [3.8, 4) is 0 Å². The Hall–Kier alpha value is -1.34. The van der Waals surface area contributed by atoms with Crippen molar-refractivity contribution in [3.05, 3.63) is 0 Å². The monoisotopic (exact) mass is 276 g/mol. The summed E-state index contributed by atoms with van der Waals surface area (Å²) in [6.45, 7) is 5.05. The van der Waals surface area contributed by atoms with Gasteiger partial charge < -0.3 is 25.5 Å². The van der Waals surface area contributed by atoms with Crippen molar-refractivity contribution in [1.82, 2.24) is 10.2 Å². The number of carboxylic acids is 1. The number of aliphatic carboxylic acids is 1. The maximum Gasteiger partial charge on any atom is 0.328 e. The maximum atomic E-state index is 12.0. The molecule has 0 saturated carbocycles. The van der Waals surface area contributed by atoms with E-state index in [-0.39, 0.29) is 19.2 Å². The molecule has 0 heterocycles. The number of urea groups is 1. The Morgan fingerprint density at radius 2 is 1.79 bits per heavy atom. The minimum Gasteiger partial charge on any atom is -0.480 e. The van der Waals surface area contributed by atoms with Crippen LogP contribution in [0, 0.1) is 0 Å². The van der Waals surface area contributed by atoms with Crippen molar-refractivity contribution >= 4 is 12.0 Å². The van der Waals surface area contributed by atoms with E-state index in [0.29, 0.717) is 12.8 Å². The standard InChI is InChI=1S/C12H24N2O5/c1-4-9(5-2)14(6-7-15)12(19)13-10(8(3)16)11(17)18/h8-10,15-16H,4-7H2,1-3H3,(H,13,19)(H,17,18)/t8-,10+/m1/s1. The molecule has 0 saturated heterocycles. The molecule has 0 aliphatic carbocycles. The van der Waals surface area contributed by atoms with Crippen molar-refractivity contribution in [1.29, 1.82) is 0 Å². The summed E-state index contributed by atoms with van der Waals surface area (Å²) in [6, 6.07) is -2.02. The van der Waals surface area contributed by atoms with Crippen molar-refractivity contribution < 1.29 is 24.9 Å². The van der Waals surface area contributed by atoms with Crippen LogP contribution in [0.1, 0.15) is 33.6 Å². The Labute approximate surface area is 113 Å². The molecule has 0 aliphatic heterocycles. The summed E-state index contributed by atoms with van der Waals surface area (Å²) in [5.41, 5.74) is 0. The van der Waals surface area contributed by atoms with Gasteiger partial charge in [0.2, 0.25) is 0 Å². The lowest BCUT2D eigenvalue weighted by Crippen LogP contribution is -2.55. The molecule has 0 aliphatic rings. The first-order valence-electron chi connectivity index (χ1n) is 6.47. The van der Waals surface area contributed by atoms with E-state index in [1.807, 2.05) is 13.8 Å². The Morgan fingerprint density at radius 3 is 2.11 bits per heavy atom. The van der Waals surface area contributed by atoms with Crippen LogP contribution in [0.25, 0.3) is 0 Å². The molecule has 0 aromatic carbocycles. The van der Waals surface area contributed by atoms with Crippen LogP contribution in [-0.4, -0.2) is 63.6 Å². The summed E-state index contributed by atoms with van der Waals surface area (Å²) in [7, 11) is 0. The summed E-state index contributed by atoms with van der Waals surface area (Å²) in [5, 5.41) is 29.5. The molecule has 0 bridgehead atoms. The van der Waals surface area contributed by atoms with E-state index in [0.717, 1.165) is 0 Å². The van der Waals surface area contributed by atoms with Gasteiger partial charge >= 0.3 is 12.0 Å². The third-order valence-electron chi connectivity index (χ3n) is 3.01. The zero-order valence-corrected chi connectivity index (χ0v) is 11.7. The number of hydrogen-bond donors (Lipinski definition) is 4. The van der Waals surface area contributed by atoms with Crippen LogP contribution in [0.3, 0.4) is 0 Å². The van der Waals surface area contributed by atoms with Crippen molar-refractivity contribution in [2.75, 3.05) is 13.2 Å². The predicted molar refractivity (Wildman–Crippen MR) is 69.8 cm³/mol. The number of amides is 2. The van der Waals surface area contributed by atoms with E-state index < -0.39 is 24.1 Å². The molecule has 112 valence electrons. The highest BCUT2D eigenvalue weighted by molar-refractivity contribution is 5.83. The number of carboxylic acid groups (broad SMARTS) is 1. The smallest absolute Gasteiger partial charge is 0.328 e. The molecule has 0 aromatic rings. The van der Waals surface area contributed by atoms with E-state index in [2.05, 4.69) is 5.32 Å². The van der Waals surface area contributed by atoms with Crippen LogP contribution in [0.15, 0.2) is 0 Å². The van der Waals surface area contributed by atoms with Gasteiger partial charge in [-0.1, -0.05) is 13.8 Å². The van der Waals surface area contributed by atoms with Gasteiger partial charge in [-0.2, -0.15) is 0 Å². The van der Waals surface area contributed by atoms with E-state index in [9.17, 15) is 14.7 Å². The molecule has 4 N–H and O–H groups in total. The Bertz CT molecular complexity index is 292. The summed E-state index contributed by atoms with van der Waals surface area (Å²) < 4.78 is 0. The predicted octanol–water partition coefficient (Wildman–Crippen LogP) is 0.0129. The first-order chi connectivity index (χ1) is 8.88. The molecule has 0 unspecified atom stereocenters. The van der Waals surface area contributed by atoms with Crippen molar-refractivity contribution in [2.45, 2.75) is 51.8 Å². The number of carbonyl (C=O) groups is 2. The zero-order valence-electron chi connectivity index (χ0n) is 11.7. The lowest BCUT2D eigenvalue weighted by molar-refractivity contribution is -0.141. The number of nitrogens with one attached hydrogen (secondary N) is 1. The first kappa shape index (κ1) is 17.7. The fraction of sp³-hybridized carbons (Fsp3) is 0.833. The second-order valence-electron chi connectivity index (χ2n) is 4.39. The van der Waals surface area contributed by atoms with E-state index in [4.69, 9.17) is 10.2 Å². The molecule has 2 atom stereocenters. The van der Waals surface area contributed by atoms with Gasteiger partial charge in [0.05, 0.1) is 12.7 Å². The Balaban J connectivity index is 4.84. The number of aliphatic hydroxyl groups excluding tert-OH is 2. The van der Waals surface area contributed by atoms with Gasteiger partial charge in [-0.3, -0.25) is 0 Å². The second-order valence-corrected chi connectivity index (χ2v) is 4.39. The molecule has 7 nitrogen and oxygen atoms in total. The molecule has 0 fully saturated rings. The van der Waals surface area contributed by atoms with Gasteiger partial charge in [-0.25, -0.2) is 9.59 Å². The average Bonchev–Trinajstić information content (AvgIpc) is 2.35. The van der Waals surface area contributed by atoms with Crippen molar-refractivity contribution in [3.63, 3.8) is 0 Å². The lowest BCUT2D eigenvalue weighted by Gasteiger charge is -2.31. The summed E-state index contributed by atoms with van der Waals surface area (Å²) in [5.74, 6) is -1.29. The lowest BCUT2D eigenvalue weighted by atomic mass is 10.1. The molecule has 0 radical (unpaired) electrons. The number of carbonyl (C=O) groups excluding carboxylic acids is 1. The number of hydrogen-bond acceptors (Lipinski definition) is 4. The van der Waals surface area contributed by atoms with Gasteiger partial charge in [0, 0.05) is 12.6 Å². The van der Waals surface area contributed by atoms with Crippen LogP contribution in [-0.2, 0) is 4.79 Å². The molecule has 7 heteroatoms. The third-order valence-corrected chi connectivity index (χ3v) is 3.01.